The monoisotopic (exact) mass is 387 g/mol. The van der Waals surface area contributed by atoms with Crippen molar-refractivity contribution < 1.29 is 13.2 Å². The summed E-state index contributed by atoms with van der Waals surface area (Å²) in [5, 5.41) is 0. The van der Waals surface area contributed by atoms with E-state index in [1.54, 1.807) is 36.1 Å². The van der Waals surface area contributed by atoms with Crippen molar-refractivity contribution in [1.29, 1.82) is 0 Å². The average Bonchev–Trinajstić information content (AvgIpc) is 2.85. The molecular weight excluding hydrogens is 362 g/mol. The molecule has 7 heteroatoms. The van der Waals surface area contributed by atoms with Gasteiger partial charge in [0.25, 0.3) is 0 Å². The number of nitrogens with one attached hydrogen (secondary N) is 1. The van der Waals surface area contributed by atoms with Crippen LogP contribution in [-0.2, 0) is 34.1 Å². The number of carbonyl (C=O) groups is 1. The van der Waals surface area contributed by atoms with Crippen molar-refractivity contribution in [3.8, 4) is 0 Å². The fourth-order valence-corrected chi connectivity index (χ4v) is 4.36. The molecule has 0 bridgehead atoms. The summed E-state index contributed by atoms with van der Waals surface area (Å²) in [6, 6.07) is 12.7. The number of nitrogen functional groups attached to an aromatic ring is 1. The van der Waals surface area contributed by atoms with Crippen LogP contribution in [0.1, 0.15) is 23.6 Å². The number of rotatable bonds is 5. The number of carbonyl (C=O) groups excluding carboxylic acids is 1. The van der Waals surface area contributed by atoms with Gasteiger partial charge in [-0.3, -0.25) is 4.79 Å². The molecule has 3 rings (SSSR count). The smallest absolute Gasteiger partial charge is 0.240 e. The van der Waals surface area contributed by atoms with Gasteiger partial charge < -0.3 is 10.6 Å². The Hall–Kier alpha value is -2.38. The molecule has 27 heavy (non-hydrogen) atoms. The van der Waals surface area contributed by atoms with E-state index < -0.39 is 10.0 Å². The SMILES string of the molecule is CC(=O)N1CCc2ccc(S(=O)(=O)NCCc3ccc(N)cc3)cc2CC1. The number of nitrogens with two attached hydrogens (primary N) is 1. The molecule has 1 aliphatic rings. The van der Waals surface area contributed by atoms with E-state index in [2.05, 4.69) is 4.72 Å². The van der Waals surface area contributed by atoms with Gasteiger partial charge in [-0.2, -0.15) is 0 Å². The molecule has 0 saturated heterocycles. The number of benzene rings is 2. The Morgan fingerprint density at radius 3 is 2.41 bits per heavy atom. The van der Waals surface area contributed by atoms with Gasteiger partial charge in [0.2, 0.25) is 15.9 Å². The van der Waals surface area contributed by atoms with E-state index >= 15 is 0 Å². The minimum Gasteiger partial charge on any atom is -0.399 e. The number of hydrogen-bond donors (Lipinski definition) is 2. The van der Waals surface area contributed by atoms with Crippen LogP contribution < -0.4 is 10.5 Å². The van der Waals surface area contributed by atoms with E-state index in [4.69, 9.17) is 5.73 Å². The van der Waals surface area contributed by atoms with Crippen LogP contribution in [0.25, 0.3) is 0 Å². The number of nitrogens with zero attached hydrogens (tertiary/aromatic N) is 1. The third-order valence-electron chi connectivity index (χ3n) is 4.92. The zero-order valence-electron chi connectivity index (χ0n) is 15.4. The van der Waals surface area contributed by atoms with Gasteiger partial charge >= 0.3 is 0 Å². The second kappa shape index (κ2) is 8.10. The number of amides is 1. The first kappa shape index (κ1) is 19.4. The van der Waals surface area contributed by atoms with Crippen molar-refractivity contribution in [3.63, 3.8) is 0 Å². The van der Waals surface area contributed by atoms with Crippen molar-refractivity contribution >= 4 is 21.6 Å². The van der Waals surface area contributed by atoms with Gasteiger partial charge in [-0.05, 0) is 60.2 Å². The molecule has 1 amide bonds. The molecule has 144 valence electrons. The Kier molecular flexibility index (Phi) is 5.82. The zero-order valence-corrected chi connectivity index (χ0v) is 16.3. The lowest BCUT2D eigenvalue weighted by molar-refractivity contribution is -0.128. The zero-order chi connectivity index (χ0) is 19.4. The number of sulfonamides is 1. The number of anilines is 1. The molecule has 3 N–H and O–H groups in total. The van der Waals surface area contributed by atoms with Gasteiger partial charge in [-0.1, -0.05) is 18.2 Å². The summed E-state index contributed by atoms with van der Waals surface area (Å²) in [5.74, 6) is 0.0555. The van der Waals surface area contributed by atoms with E-state index in [0.717, 1.165) is 23.1 Å². The third-order valence-corrected chi connectivity index (χ3v) is 6.38. The molecule has 0 radical (unpaired) electrons. The highest BCUT2D eigenvalue weighted by Crippen LogP contribution is 2.20. The molecule has 0 aromatic heterocycles. The van der Waals surface area contributed by atoms with Crippen molar-refractivity contribution in [2.24, 2.45) is 0 Å². The first-order chi connectivity index (χ1) is 12.8. The number of fused-ring (bicyclic) bond motifs is 1. The third kappa shape index (κ3) is 4.87. The quantitative estimate of drug-likeness (QED) is 0.765. The molecule has 6 nitrogen and oxygen atoms in total. The molecule has 0 atom stereocenters. The van der Waals surface area contributed by atoms with Crippen molar-refractivity contribution in [2.45, 2.75) is 31.1 Å². The van der Waals surface area contributed by atoms with E-state index in [-0.39, 0.29) is 10.8 Å². The van der Waals surface area contributed by atoms with Gasteiger partial charge in [-0.25, -0.2) is 13.1 Å². The van der Waals surface area contributed by atoms with Crippen LogP contribution >= 0.6 is 0 Å². The molecule has 0 aliphatic carbocycles. The fourth-order valence-electron chi connectivity index (χ4n) is 3.28. The average molecular weight is 388 g/mol. The maximum Gasteiger partial charge on any atom is 0.240 e. The highest BCUT2D eigenvalue weighted by Gasteiger charge is 2.19. The van der Waals surface area contributed by atoms with Crippen LogP contribution in [-0.4, -0.2) is 38.9 Å². The summed E-state index contributed by atoms with van der Waals surface area (Å²) in [6.45, 7) is 3.18. The molecular formula is C20H25N3O3S. The van der Waals surface area contributed by atoms with Crippen LogP contribution in [0, 0.1) is 0 Å². The topological polar surface area (TPSA) is 92.5 Å². The van der Waals surface area contributed by atoms with E-state index in [9.17, 15) is 13.2 Å². The summed E-state index contributed by atoms with van der Waals surface area (Å²) in [5.41, 5.74) is 9.48. The summed E-state index contributed by atoms with van der Waals surface area (Å²) in [6.07, 6.45) is 2.02. The van der Waals surface area contributed by atoms with Gasteiger partial charge in [-0.15, -0.1) is 0 Å². The predicted molar refractivity (Wildman–Crippen MR) is 106 cm³/mol. The Balaban J connectivity index is 1.66. The Morgan fingerprint density at radius 2 is 1.74 bits per heavy atom. The Labute approximate surface area is 160 Å². The molecule has 1 heterocycles. The van der Waals surface area contributed by atoms with Crippen molar-refractivity contribution in [3.05, 3.63) is 59.2 Å². The lowest BCUT2D eigenvalue weighted by Crippen LogP contribution is -2.30. The Bertz CT molecular complexity index is 924. The van der Waals surface area contributed by atoms with Gasteiger partial charge in [0.05, 0.1) is 4.90 Å². The molecule has 2 aromatic carbocycles. The van der Waals surface area contributed by atoms with Crippen molar-refractivity contribution in [1.82, 2.24) is 9.62 Å². The summed E-state index contributed by atoms with van der Waals surface area (Å²) < 4.78 is 27.9. The summed E-state index contributed by atoms with van der Waals surface area (Å²) >= 11 is 0. The first-order valence-electron chi connectivity index (χ1n) is 9.06. The second-order valence-electron chi connectivity index (χ2n) is 6.83. The molecule has 0 saturated carbocycles. The fraction of sp³-hybridized carbons (Fsp3) is 0.350. The summed E-state index contributed by atoms with van der Waals surface area (Å²) in [4.78, 5) is 13.7. The van der Waals surface area contributed by atoms with Crippen LogP contribution in [0.15, 0.2) is 47.4 Å². The lowest BCUT2D eigenvalue weighted by Gasteiger charge is -2.17. The number of hydrogen-bond acceptors (Lipinski definition) is 4. The normalized spacial score (nSPS) is 14.5. The minimum absolute atomic E-state index is 0.0555. The van der Waals surface area contributed by atoms with E-state index in [0.29, 0.717) is 38.2 Å². The van der Waals surface area contributed by atoms with Crippen LogP contribution in [0.3, 0.4) is 0 Å². The minimum atomic E-state index is -3.57. The maximum absolute atomic E-state index is 12.6. The highest BCUT2D eigenvalue weighted by atomic mass is 32.2. The van der Waals surface area contributed by atoms with E-state index in [1.165, 1.54) is 0 Å². The molecule has 1 aliphatic heterocycles. The maximum atomic E-state index is 12.6. The van der Waals surface area contributed by atoms with Crippen molar-refractivity contribution in [2.75, 3.05) is 25.4 Å². The predicted octanol–water partition coefficient (Wildman–Crippen LogP) is 1.74. The van der Waals surface area contributed by atoms with Crippen LogP contribution in [0.4, 0.5) is 5.69 Å². The van der Waals surface area contributed by atoms with Gasteiger partial charge in [0, 0.05) is 32.2 Å². The molecule has 2 aromatic rings. The van der Waals surface area contributed by atoms with Crippen LogP contribution in [0.5, 0.6) is 0 Å². The molecule has 0 unspecified atom stereocenters. The summed E-state index contributed by atoms with van der Waals surface area (Å²) in [7, 11) is -3.57. The standard InChI is InChI=1S/C20H25N3O3S/c1-15(24)23-12-9-17-4-7-20(14-18(17)10-13-23)27(25,26)22-11-8-16-2-5-19(21)6-3-16/h2-7,14,22H,8-13,21H2,1H3. The lowest BCUT2D eigenvalue weighted by atomic mass is 10.0. The largest absolute Gasteiger partial charge is 0.399 e. The molecule has 0 fully saturated rings. The highest BCUT2D eigenvalue weighted by molar-refractivity contribution is 7.89. The van der Waals surface area contributed by atoms with E-state index in [1.807, 2.05) is 18.2 Å². The van der Waals surface area contributed by atoms with Gasteiger partial charge in [0.1, 0.15) is 0 Å². The molecule has 0 spiro atoms. The van der Waals surface area contributed by atoms with Crippen LogP contribution in [0.2, 0.25) is 0 Å². The first-order valence-corrected chi connectivity index (χ1v) is 10.5. The second-order valence-corrected chi connectivity index (χ2v) is 8.59. The van der Waals surface area contributed by atoms with Gasteiger partial charge in [0.15, 0.2) is 0 Å². The Morgan fingerprint density at radius 1 is 1.07 bits per heavy atom.